The lowest BCUT2D eigenvalue weighted by Gasteiger charge is -2.24. The molecule has 1 aromatic rings. The van der Waals surface area contributed by atoms with Gasteiger partial charge in [0, 0.05) is 23.7 Å². The smallest absolute Gasteiger partial charge is 0.408 e. The highest BCUT2D eigenvalue weighted by Crippen LogP contribution is 2.55. The molecular formula is C16H23ClN2O4S. The van der Waals surface area contributed by atoms with Gasteiger partial charge in [-0.1, -0.05) is 23.7 Å². The molecule has 3 atom stereocenters. The minimum atomic E-state index is -3.43. The molecule has 6 nitrogen and oxygen atoms in total. The van der Waals surface area contributed by atoms with Crippen molar-refractivity contribution in [2.45, 2.75) is 43.1 Å². The summed E-state index contributed by atoms with van der Waals surface area (Å²) in [5.74, 6) is -0.442. The Kier molecular flexibility index (Phi) is 4.92. The number of carbonyl (C=O) groups is 1. The summed E-state index contributed by atoms with van der Waals surface area (Å²) in [7, 11) is -3.43. The van der Waals surface area contributed by atoms with Gasteiger partial charge in [0.2, 0.25) is 0 Å². The number of halogens is 1. The van der Waals surface area contributed by atoms with Gasteiger partial charge in [-0.3, -0.25) is 0 Å². The van der Waals surface area contributed by atoms with Crippen LogP contribution in [0.15, 0.2) is 24.3 Å². The number of hydrogen-bond acceptors (Lipinski definition) is 5. The third-order valence-electron chi connectivity index (χ3n) is 4.02. The Morgan fingerprint density at radius 1 is 1.33 bits per heavy atom. The molecular weight excluding hydrogens is 352 g/mol. The van der Waals surface area contributed by atoms with E-state index in [1.165, 1.54) is 0 Å². The maximum atomic E-state index is 12.2. The topological polar surface area (TPSA) is 98.5 Å². The predicted octanol–water partition coefficient (Wildman–Crippen LogP) is 2.07. The summed E-state index contributed by atoms with van der Waals surface area (Å²) in [5.41, 5.74) is 4.86. The number of rotatable bonds is 4. The van der Waals surface area contributed by atoms with E-state index >= 15 is 0 Å². The zero-order chi connectivity index (χ0) is 18.3. The second-order valence-electron chi connectivity index (χ2n) is 7.15. The molecule has 1 saturated carbocycles. The second-order valence-corrected chi connectivity index (χ2v) is 9.75. The van der Waals surface area contributed by atoms with Gasteiger partial charge in [-0.15, -0.1) is 0 Å². The molecule has 1 aliphatic carbocycles. The van der Waals surface area contributed by atoms with E-state index in [9.17, 15) is 13.2 Å². The first-order valence-electron chi connectivity index (χ1n) is 7.56. The predicted molar refractivity (Wildman–Crippen MR) is 94.0 cm³/mol. The van der Waals surface area contributed by atoms with Crippen molar-refractivity contribution in [1.29, 1.82) is 0 Å². The van der Waals surface area contributed by atoms with E-state index in [1.807, 2.05) is 0 Å². The van der Waals surface area contributed by atoms with Gasteiger partial charge in [-0.2, -0.15) is 0 Å². The molecule has 0 spiro atoms. The van der Waals surface area contributed by atoms with Gasteiger partial charge in [0.15, 0.2) is 9.84 Å². The van der Waals surface area contributed by atoms with Gasteiger partial charge in [-0.05, 0) is 38.5 Å². The summed E-state index contributed by atoms with van der Waals surface area (Å²) < 4.78 is 29.7. The van der Waals surface area contributed by atoms with E-state index < -0.39 is 38.2 Å². The molecule has 0 aliphatic heterocycles. The Morgan fingerprint density at radius 3 is 2.29 bits per heavy atom. The molecule has 3 N–H and O–H groups in total. The lowest BCUT2D eigenvalue weighted by molar-refractivity contribution is 0.0497. The molecule has 24 heavy (non-hydrogen) atoms. The van der Waals surface area contributed by atoms with Crippen molar-refractivity contribution in [2.24, 2.45) is 5.73 Å². The second kappa shape index (κ2) is 6.20. The molecule has 134 valence electrons. The van der Waals surface area contributed by atoms with E-state index in [0.717, 1.165) is 11.8 Å². The Morgan fingerprint density at radius 2 is 1.88 bits per heavy atom. The zero-order valence-corrected chi connectivity index (χ0v) is 15.7. The van der Waals surface area contributed by atoms with E-state index in [1.54, 1.807) is 45.0 Å². The van der Waals surface area contributed by atoms with Crippen molar-refractivity contribution in [3.05, 3.63) is 34.9 Å². The van der Waals surface area contributed by atoms with Crippen LogP contribution in [0.2, 0.25) is 5.02 Å². The van der Waals surface area contributed by atoms with Crippen molar-refractivity contribution in [2.75, 3.05) is 12.8 Å². The van der Waals surface area contributed by atoms with Crippen LogP contribution in [0.4, 0.5) is 4.79 Å². The van der Waals surface area contributed by atoms with Crippen molar-refractivity contribution in [3.8, 4) is 0 Å². The standard InChI is InChI=1S/C16H23ClN2O4S/c1-15(2,3)23-14(20)19-16(9-18)12(13(16)24(4,21)22)10-5-7-11(17)8-6-10/h5-8,12-13H,9,18H2,1-4H3,(H,19,20)/t12-,13+,16-/m1/s1. The largest absolute Gasteiger partial charge is 0.444 e. The number of nitrogens with one attached hydrogen (secondary N) is 1. The summed E-state index contributed by atoms with van der Waals surface area (Å²) in [6, 6.07) is 6.87. The minimum absolute atomic E-state index is 0.0166. The van der Waals surface area contributed by atoms with E-state index in [0.29, 0.717) is 5.02 Å². The monoisotopic (exact) mass is 374 g/mol. The number of sulfone groups is 1. The molecule has 0 saturated heterocycles. The molecule has 0 aromatic heterocycles. The molecule has 1 aliphatic rings. The van der Waals surface area contributed by atoms with Crippen LogP contribution in [-0.2, 0) is 14.6 Å². The lowest BCUT2D eigenvalue weighted by Crippen LogP contribution is -2.48. The van der Waals surface area contributed by atoms with Gasteiger partial charge in [0.25, 0.3) is 0 Å². The zero-order valence-electron chi connectivity index (χ0n) is 14.2. The van der Waals surface area contributed by atoms with Gasteiger partial charge in [0.05, 0.1) is 10.8 Å². The number of ether oxygens (including phenoxy) is 1. The van der Waals surface area contributed by atoms with Crippen LogP contribution in [0.3, 0.4) is 0 Å². The molecule has 1 fully saturated rings. The Balaban J connectivity index is 2.34. The van der Waals surface area contributed by atoms with E-state index in [2.05, 4.69) is 5.32 Å². The average Bonchev–Trinajstić information content (AvgIpc) is 3.06. The van der Waals surface area contributed by atoms with Crippen LogP contribution < -0.4 is 11.1 Å². The number of amides is 1. The first kappa shape index (κ1) is 19.0. The SMILES string of the molecule is CC(C)(C)OC(=O)N[C@]1(CN)[C@H](c2ccc(Cl)cc2)[C@@H]1S(C)(=O)=O. The van der Waals surface area contributed by atoms with Crippen LogP contribution in [0, 0.1) is 0 Å². The molecule has 0 bridgehead atoms. The maximum absolute atomic E-state index is 12.2. The minimum Gasteiger partial charge on any atom is -0.444 e. The number of hydrogen-bond donors (Lipinski definition) is 2. The normalized spacial score (nSPS) is 26.8. The third kappa shape index (κ3) is 3.84. The Bertz CT molecular complexity index is 727. The summed E-state index contributed by atoms with van der Waals surface area (Å²) in [6.07, 6.45) is 0.465. The number of carbonyl (C=O) groups excluding carboxylic acids is 1. The fourth-order valence-electron chi connectivity index (χ4n) is 3.11. The molecule has 0 radical (unpaired) electrons. The van der Waals surface area contributed by atoms with E-state index in [-0.39, 0.29) is 6.54 Å². The quantitative estimate of drug-likeness (QED) is 0.840. The number of nitrogens with two attached hydrogens (primary N) is 1. The highest BCUT2D eigenvalue weighted by Gasteiger charge is 2.70. The van der Waals surface area contributed by atoms with E-state index in [4.69, 9.17) is 22.1 Å². The number of alkyl carbamates (subject to hydrolysis) is 1. The summed E-state index contributed by atoms with van der Waals surface area (Å²) >= 11 is 5.89. The molecule has 1 aromatic carbocycles. The Labute approximate surface area is 147 Å². The van der Waals surface area contributed by atoms with Gasteiger partial charge in [-0.25, -0.2) is 13.2 Å². The fourth-order valence-corrected chi connectivity index (χ4v) is 5.12. The van der Waals surface area contributed by atoms with Crippen LogP contribution in [0.1, 0.15) is 32.3 Å². The first-order chi connectivity index (χ1) is 10.9. The van der Waals surface area contributed by atoms with Crippen LogP contribution in [0.5, 0.6) is 0 Å². The fraction of sp³-hybridized carbons (Fsp3) is 0.562. The van der Waals surface area contributed by atoms with Crippen LogP contribution in [0.25, 0.3) is 0 Å². The summed E-state index contributed by atoms with van der Waals surface area (Å²) in [6.45, 7) is 5.19. The van der Waals surface area contributed by atoms with Crippen molar-refractivity contribution < 1.29 is 17.9 Å². The molecule has 1 amide bonds. The number of benzene rings is 1. The van der Waals surface area contributed by atoms with Crippen LogP contribution in [-0.4, -0.2) is 43.7 Å². The molecule has 8 heteroatoms. The molecule has 2 rings (SSSR count). The first-order valence-corrected chi connectivity index (χ1v) is 9.89. The Hall–Kier alpha value is -1.31. The highest BCUT2D eigenvalue weighted by molar-refractivity contribution is 7.91. The van der Waals surface area contributed by atoms with Gasteiger partial charge in [0.1, 0.15) is 5.60 Å². The lowest BCUT2D eigenvalue weighted by atomic mass is 10.1. The third-order valence-corrected chi connectivity index (χ3v) is 5.89. The summed E-state index contributed by atoms with van der Waals surface area (Å²) in [5, 5.41) is 2.44. The van der Waals surface area contributed by atoms with Crippen molar-refractivity contribution >= 4 is 27.5 Å². The molecule has 0 unspecified atom stereocenters. The van der Waals surface area contributed by atoms with Crippen LogP contribution >= 0.6 is 11.6 Å². The summed E-state index contributed by atoms with van der Waals surface area (Å²) in [4.78, 5) is 12.2. The van der Waals surface area contributed by atoms with Crippen molar-refractivity contribution in [1.82, 2.24) is 5.32 Å². The van der Waals surface area contributed by atoms with Gasteiger partial charge < -0.3 is 15.8 Å². The average molecular weight is 375 g/mol. The van der Waals surface area contributed by atoms with Crippen molar-refractivity contribution in [3.63, 3.8) is 0 Å². The highest BCUT2D eigenvalue weighted by atomic mass is 35.5. The maximum Gasteiger partial charge on any atom is 0.408 e. The van der Waals surface area contributed by atoms with Gasteiger partial charge >= 0.3 is 6.09 Å². The molecule has 0 heterocycles.